The number of amides is 1. The van der Waals surface area contributed by atoms with E-state index in [-0.39, 0.29) is 5.91 Å². The summed E-state index contributed by atoms with van der Waals surface area (Å²) in [5.74, 6) is 0.0577. The molecule has 0 spiro atoms. The standard InChI is InChI=1S/C17H27N3O/c1-3-20-11-6-8-15(10-12-20)19-16-9-5-4-7-14(16)13-17(21)18-2/h4-5,7,9,15,19H,3,6,8,10-13H2,1-2H3,(H,18,21). The SMILES string of the molecule is CCN1CCCC(Nc2ccccc2CC(=O)NC)CC1. The van der Waals surface area contributed by atoms with E-state index in [1.54, 1.807) is 7.05 Å². The number of carbonyl (C=O) groups excluding carboxylic acids is 1. The van der Waals surface area contributed by atoms with Gasteiger partial charge in [0.05, 0.1) is 6.42 Å². The zero-order chi connectivity index (χ0) is 15.1. The molecule has 2 rings (SSSR count). The van der Waals surface area contributed by atoms with Gasteiger partial charge in [-0.2, -0.15) is 0 Å². The molecule has 4 heteroatoms. The van der Waals surface area contributed by atoms with Gasteiger partial charge in [0.2, 0.25) is 5.91 Å². The summed E-state index contributed by atoms with van der Waals surface area (Å²) in [4.78, 5) is 14.1. The van der Waals surface area contributed by atoms with Crippen molar-refractivity contribution in [3.8, 4) is 0 Å². The van der Waals surface area contributed by atoms with Gasteiger partial charge in [0.25, 0.3) is 0 Å². The van der Waals surface area contributed by atoms with Crippen molar-refractivity contribution >= 4 is 11.6 Å². The third-order valence-electron chi connectivity index (χ3n) is 4.27. The molecule has 0 bridgehead atoms. The molecule has 1 atom stereocenters. The first kappa shape index (κ1) is 15.8. The number of carbonyl (C=O) groups is 1. The Labute approximate surface area is 127 Å². The quantitative estimate of drug-likeness (QED) is 0.874. The van der Waals surface area contributed by atoms with Gasteiger partial charge in [-0.05, 0) is 44.0 Å². The first-order valence-corrected chi connectivity index (χ1v) is 8.00. The number of likely N-dealkylation sites (N-methyl/N-ethyl adjacent to an activating group) is 1. The van der Waals surface area contributed by atoms with Crippen LogP contribution in [0.5, 0.6) is 0 Å². The highest BCUT2D eigenvalue weighted by Gasteiger charge is 2.17. The van der Waals surface area contributed by atoms with Crippen LogP contribution in [0.15, 0.2) is 24.3 Å². The van der Waals surface area contributed by atoms with E-state index in [2.05, 4.69) is 28.5 Å². The van der Waals surface area contributed by atoms with Gasteiger partial charge in [-0.15, -0.1) is 0 Å². The van der Waals surface area contributed by atoms with E-state index in [0.29, 0.717) is 12.5 Å². The smallest absolute Gasteiger partial charge is 0.224 e. The van der Waals surface area contributed by atoms with Gasteiger partial charge < -0.3 is 15.5 Å². The van der Waals surface area contributed by atoms with Crippen molar-refractivity contribution in [2.24, 2.45) is 0 Å². The summed E-state index contributed by atoms with van der Waals surface area (Å²) in [6.07, 6.45) is 4.05. The maximum Gasteiger partial charge on any atom is 0.224 e. The Kier molecular flexibility index (Phi) is 6.05. The third-order valence-corrected chi connectivity index (χ3v) is 4.27. The number of rotatable bonds is 5. The zero-order valence-corrected chi connectivity index (χ0v) is 13.2. The van der Waals surface area contributed by atoms with Gasteiger partial charge >= 0.3 is 0 Å². The van der Waals surface area contributed by atoms with Crippen molar-refractivity contribution in [3.05, 3.63) is 29.8 Å². The molecule has 21 heavy (non-hydrogen) atoms. The van der Waals surface area contributed by atoms with Gasteiger partial charge in [-0.25, -0.2) is 0 Å². The molecule has 2 N–H and O–H groups in total. The molecule has 1 aliphatic rings. The summed E-state index contributed by atoms with van der Waals surface area (Å²) in [5.41, 5.74) is 2.18. The van der Waals surface area contributed by atoms with Crippen molar-refractivity contribution in [3.63, 3.8) is 0 Å². The Morgan fingerprint density at radius 3 is 2.86 bits per heavy atom. The molecule has 1 heterocycles. The molecule has 1 aromatic rings. The van der Waals surface area contributed by atoms with Gasteiger partial charge in [0.1, 0.15) is 0 Å². The van der Waals surface area contributed by atoms with Crippen LogP contribution in [-0.4, -0.2) is 43.5 Å². The summed E-state index contributed by atoms with van der Waals surface area (Å²) < 4.78 is 0. The lowest BCUT2D eigenvalue weighted by Crippen LogP contribution is -2.26. The van der Waals surface area contributed by atoms with Gasteiger partial charge in [-0.3, -0.25) is 4.79 Å². The number of benzene rings is 1. The fourth-order valence-electron chi connectivity index (χ4n) is 2.91. The molecule has 0 aliphatic carbocycles. The van der Waals surface area contributed by atoms with Gasteiger partial charge in [0, 0.05) is 25.3 Å². The molecule has 1 unspecified atom stereocenters. The molecule has 1 aromatic carbocycles. The number of likely N-dealkylation sites (tertiary alicyclic amines) is 1. The van der Waals surface area contributed by atoms with Crippen molar-refractivity contribution in [1.29, 1.82) is 0 Å². The van der Waals surface area contributed by atoms with E-state index in [1.165, 1.54) is 25.8 Å². The van der Waals surface area contributed by atoms with Crippen molar-refractivity contribution in [1.82, 2.24) is 10.2 Å². The number of hydrogen-bond donors (Lipinski definition) is 2. The normalized spacial score (nSPS) is 19.8. The summed E-state index contributed by atoms with van der Waals surface area (Å²) in [5, 5.41) is 6.35. The average molecular weight is 289 g/mol. The van der Waals surface area contributed by atoms with Crippen molar-refractivity contribution in [2.75, 3.05) is 32.0 Å². The lowest BCUT2D eigenvalue weighted by molar-refractivity contribution is -0.119. The molecule has 116 valence electrons. The second-order valence-corrected chi connectivity index (χ2v) is 5.71. The Morgan fingerprint density at radius 2 is 2.10 bits per heavy atom. The molecule has 1 saturated heterocycles. The van der Waals surface area contributed by atoms with Gasteiger partial charge in [-0.1, -0.05) is 25.1 Å². The van der Waals surface area contributed by atoms with E-state index in [0.717, 1.165) is 24.3 Å². The van der Waals surface area contributed by atoms with E-state index in [4.69, 9.17) is 0 Å². The lowest BCUT2D eigenvalue weighted by Gasteiger charge is -2.21. The number of para-hydroxylation sites is 1. The molecule has 1 amide bonds. The number of hydrogen-bond acceptors (Lipinski definition) is 3. The van der Waals surface area contributed by atoms with Crippen LogP contribution in [-0.2, 0) is 11.2 Å². The van der Waals surface area contributed by atoms with Crippen LogP contribution in [0.2, 0.25) is 0 Å². The fourth-order valence-corrected chi connectivity index (χ4v) is 2.91. The van der Waals surface area contributed by atoms with Crippen molar-refractivity contribution in [2.45, 2.75) is 38.6 Å². The van der Waals surface area contributed by atoms with Crippen LogP contribution < -0.4 is 10.6 Å². The van der Waals surface area contributed by atoms with E-state index in [1.807, 2.05) is 18.2 Å². The van der Waals surface area contributed by atoms with Crippen LogP contribution in [0.3, 0.4) is 0 Å². The van der Waals surface area contributed by atoms with Crippen molar-refractivity contribution < 1.29 is 4.79 Å². The summed E-state index contributed by atoms with van der Waals surface area (Å²) in [6.45, 7) is 5.73. The maximum atomic E-state index is 11.6. The summed E-state index contributed by atoms with van der Waals surface area (Å²) in [7, 11) is 1.68. The largest absolute Gasteiger partial charge is 0.382 e. The van der Waals surface area contributed by atoms with Crippen LogP contribution in [0, 0.1) is 0 Å². The molecular weight excluding hydrogens is 262 g/mol. The minimum Gasteiger partial charge on any atom is -0.382 e. The lowest BCUT2D eigenvalue weighted by atomic mass is 10.1. The second-order valence-electron chi connectivity index (χ2n) is 5.71. The van der Waals surface area contributed by atoms with Crippen LogP contribution in [0.25, 0.3) is 0 Å². The molecule has 4 nitrogen and oxygen atoms in total. The molecule has 1 aliphatic heterocycles. The second kappa shape index (κ2) is 8.03. The minimum atomic E-state index is 0.0577. The van der Waals surface area contributed by atoms with Crippen LogP contribution >= 0.6 is 0 Å². The number of anilines is 1. The number of nitrogens with one attached hydrogen (secondary N) is 2. The average Bonchev–Trinajstić information content (AvgIpc) is 2.74. The highest BCUT2D eigenvalue weighted by atomic mass is 16.1. The zero-order valence-electron chi connectivity index (χ0n) is 13.2. The Balaban J connectivity index is 2.00. The van der Waals surface area contributed by atoms with E-state index in [9.17, 15) is 4.79 Å². The molecule has 1 fully saturated rings. The maximum absolute atomic E-state index is 11.6. The molecular formula is C17H27N3O. The first-order chi connectivity index (χ1) is 10.2. The topological polar surface area (TPSA) is 44.4 Å². The predicted molar refractivity (Wildman–Crippen MR) is 87.6 cm³/mol. The van der Waals surface area contributed by atoms with Crippen LogP contribution in [0.4, 0.5) is 5.69 Å². The van der Waals surface area contributed by atoms with E-state index < -0.39 is 0 Å². The highest BCUT2D eigenvalue weighted by molar-refractivity contribution is 5.80. The first-order valence-electron chi connectivity index (χ1n) is 8.00. The minimum absolute atomic E-state index is 0.0577. The van der Waals surface area contributed by atoms with Gasteiger partial charge in [0.15, 0.2) is 0 Å². The summed E-state index contributed by atoms with van der Waals surface area (Å²) in [6, 6.07) is 8.65. The molecule has 0 aromatic heterocycles. The summed E-state index contributed by atoms with van der Waals surface area (Å²) >= 11 is 0. The third kappa shape index (κ3) is 4.74. The molecule has 0 saturated carbocycles. The number of nitrogens with zero attached hydrogens (tertiary/aromatic N) is 1. The van der Waals surface area contributed by atoms with Crippen LogP contribution in [0.1, 0.15) is 31.7 Å². The predicted octanol–water partition coefficient (Wildman–Crippen LogP) is 2.26. The monoisotopic (exact) mass is 289 g/mol. The van der Waals surface area contributed by atoms with E-state index >= 15 is 0 Å². The fraction of sp³-hybridized carbons (Fsp3) is 0.588. The Bertz CT molecular complexity index is 461. The Hall–Kier alpha value is -1.55. The Morgan fingerprint density at radius 1 is 1.29 bits per heavy atom. The highest BCUT2D eigenvalue weighted by Crippen LogP contribution is 2.21. The molecule has 0 radical (unpaired) electrons.